The van der Waals surface area contributed by atoms with E-state index in [9.17, 15) is 4.79 Å². The van der Waals surface area contributed by atoms with E-state index in [-0.39, 0.29) is 5.91 Å². The van der Waals surface area contributed by atoms with E-state index in [4.69, 9.17) is 0 Å². The Bertz CT molecular complexity index is 975. The van der Waals surface area contributed by atoms with Crippen LogP contribution in [0.4, 0.5) is 17.2 Å². The third-order valence-electron chi connectivity index (χ3n) is 5.43. The number of carbonyl (C=O) groups excluding carboxylic acids is 1. The van der Waals surface area contributed by atoms with Crippen molar-refractivity contribution in [1.29, 1.82) is 0 Å². The third-order valence-corrected chi connectivity index (χ3v) is 5.43. The zero-order valence-electron chi connectivity index (χ0n) is 16.9. The summed E-state index contributed by atoms with van der Waals surface area (Å²) in [5.41, 5.74) is 5.23. The molecule has 4 rings (SSSR count). The fourth-order valence-electron chi connectivity index (χ4n) is 3.76. The van der Waals surface area contributed by atoms with Gasteiger partial charge in [-0.25, -0.2) is 4.98 Å². The lowest BCUT2D eigenvalue weighted by Gasteiger charge is -2.36. The summed E-state index contributed by atoms with van der Waals surface area (Å²) < 4.78 is 0. The molecular formula is C24H26N4O. The molecule has 0 unspecified atom stereocenters. The SMILES string of the molecule is Cc1cccc(C)c1Nc1cc(C(=O)N2CCN(c3ccccc3)CC2)ccn1. The van der Waals surface area contributed by atoms with Crippen LogP contribution in [0.5, 0.6) is 0 Å². The Labute approximate surface area is 172 Å². The van der Waals surface area contributed by atoms with E-state index in [0.717, 1.165) is 43.0 Å². The van der Waals surface area contributed by atoms with E-state index >= 15 is 0 Å². The van der Waals surface area contributed by atoms with Crippen molar-refractivity contribution in [2.75, 3.05) is 36.4 Å². The van der Waals surface area contributed by atoms with Gasteiger partial charge in [-0.2, -0.15) is 0 Å². The van der Waals surface area contributed by atoms with Gasteiger partial charge in [0.1, 0.15) is 5.82 Å². The number of nitrogens with one attached hydrogen (secondary N) is 1. The highest BCUT2D eigenvalue weighted by atomic mass is 16.2. The molecule has 3 aromatic rings. The number of para-hydroxylation sites is 2. The number of nitrogens with zero attached hydrogens (tertiary/aromatic N) is 3. The standard InChI is InChI=1S/C24H26N4O/c1-18-7-6-8-19(2)23(18)26-22-17-20(11-12-25-22)24(29)28-15-13-27(14-16-28)21-9-4-3-5-10-21/h3-12,17H,13-16H2,1-2H3,(H,25,26). The van der Waals surface area contributed by atoms with E-state index in [2.05, 4.69) is 65.4 Å². The number of benzene rings is 2. The fraction of sp³-hybridized carbons (Fsp3) is 0.250. The predicted octanol–water partition coefficient (Wildman–Crippen LogP) is 4.40. The molecule has 5 nitrogen and oxygen atoms in total. The summed E-state index contributed by atoms with van der Waals surface area (Å²) in [6, 6.07) is 20.2. The molecule has 0 atom stereocenters. The highest BCUT2D eigenvalue weighted by Gasteiger charge is 2.22. The first-order valence-corrected chi connectivity index (χ1v) is 10.0. The number of piperazine rings is 1. The molecule has 1 aliphatic heterocycles. The van der Waals surface area contributed by atoms with E-state index in [0.29, 0.717) is 11.4 Å². The normalized spacial score (nSPS) is 14.0. The van der Waals surface area contributed by atoms with Crippen molar-refractivity contribution in [2.45, 2.75) is 13.8 Å². The summed E-state index contributed by atoms with van der Waals surface area (Å²) in [6.07, 6.45) is 1.70. The van der Waals surface area contributed by atoms with Gasteiger partial charge in [0.05, 0.1) is 0 Å². The van der Waals surface area contributed by atoms with Gasteiger partial charge in [-0.05, 0) is 49.2 Å². The summed E-state index contributed by atoms with van der Waals surface area (Å²) in [6.45, 7) is 7.25. The highest BCUT2D eigenvalue weighted by molar-refractivity contribution is 5.95. The van der Waals surface area contributed by atoms with Gasteiger partial charge in [0.2, 0.25) is 0 Å². The number of carbonyl (C=O) groups is 1. The second-order valence-electron chi connectivity index (χ2n) is 7.44. The average Bonchev–Trinajstić information content (AvgIpc) is 2.77. The molecular weight excluding hydrogens is 360 g/mol. The van der Waals surface area contributed by atoms with Crippen molar-refractivity contribution in [3.05, 3.63) is 83.6 Å². The van der Waals surface area contributed by atoms with Crippen LogP contribution in [-0.2, 0) is 0 Å². The summed E-state index contributed by atoms with van der Waals surface area (Å²) in [4.78, 5) is 21.7. The summed E-state index contributed by atoms with van der Waals surface area (Å²) >= 11 is 0. The van der Waals surface area contributed by atoms with Gasteiger partial charge in [-0.15, -0.1) is 0 Å². The molecule has 1 saturated heterocycles. The Morgan fingerprint density at radius 2 is 1.59 bits per heavy atom. The quantitative estimate of drug-likeness (QED) is 0.722. The molecule has 1 N–H and O–H groups in total. The molecule has 148 valence electrons. The molecule has 0 bridgehead atoms. The number of aromatic nitrogens is 1. The molecule has 2 aromatic carbocycles. The third kappa shape index (κ3) is 4.24. The van der Waals surface area contributed by atoms with Gasteiger partial charge in [0.25, 0.3) is 5.91 Å². The summed E-state index contributed by atoms with van der Waals surface area (Å²) in [5, 5.41) is 3.38. The molecule has 5 heteroatoms. The number of hydrogen-bond donors (Lipinski definition) is 1. The van der Waals surface area contributed by atoms with Crippen LogP contribution in [0.25, 0.3) is 0 Å². The van der Waals surface area contributed by atoms with E-state index in [1.165, 1.54) is 5.69 Å². The van der Waals surface area contributed by atoms with Crippen LogP contribution >= 0.6 is 0 Å². The maximum atomic E-state index is 13.0. The molecule has 1 amide bonds. The molecule has 0 radical (unpaired) electrons. The first kappa shape index (κ1) is 19.0. The lowest BCUT2D eigenvalue weighted by Crippen LogP contribution is -2.48. The lowest BCUT2D eigenvalue weighted by molar-refractivity contribution is 0.0746. The molecule has 29 heavy (non-hydrogen) atoms. The Hall–Kier alpha value is -3.34. The maximum absolute atomic E-state index is 13.0. The first-order valence-electron chi connectivity index (χ1n) is 10.0. The zero-order chi connectivity index (χ0) is 20.2. The van der Waals surface area contributed by atoms with Crippen molar-refractivity contribution in [3.8, 4) is 0 Å². The Balaban J connectivity index is 1.44. The van der Waals surface area contributed by atoms with Crippen molar-refractivity contribution >= 4 is 23.1 Å². The van der Waals surface area contributed by atoms with Crippen molar-refractivity contribution in [2.24, 2.45) is 0 Å². The van der Waals surface area contributed by atoms with Crippen LogP contribution < -0.4 is 10.2 Å². The van der Waals surface area contributed by atoms with Gasteiger partial charge in [-0.1, -0.05) is 36.4 Å². The smallest absolute Gasteiger partial charge is 0.254 e. The van der Waals surface area contributed by atoms with Crippen LogP contribution in [0.2, 0.25) is 0 Å². The second-order valence-corrected chi connectivity index (χ2v) is 7.44. The first-order chi connectivity index (χ1) is 14.1. The molecule has 1 aromatic heterocycles. The minimum Gasteiger partial charge on any atom is -0.368 e. The van der Waals surface area contributed by atoms with E-state index < -0.39 is 0 Å². The number of aryl methyl sites for hydroxylation is 2. The van der Waals surface area contributed by atoms with Crippen molar-refractivity contribution < 1.29 is 4.79 Å². The summed E-state index contributed by atoms with van der Waals surface area (Å²) in [5.74, 6) is 0.751. The molecule has 0 saturated carbocycles. The van der Waals surface area contributed by atoms with Crippen molar-refractivity contribution in [1.82, 2.24) is 9.88 Å². The molecule has 0 aliphatic carbocycles. The predicted molar refractivity (Wildman–Crippen MR) is 118 cm³/mol. The van der Waals surface area contributed by atoms with Crippen LogP contribution in [0.1, 0.15) is 21.5 Å². The molecule has 1 fully saturated rings. The highest BCUT2D eigenvalue weighted by Crippen LogP contribution is 2.24. The number of pyridine rings is 1. The Morgan fingerprint density at radius 1 is 0.897 bits per heavy atom. The molecule has 1 aliphatic rings. The Kier molecular flexibility index (Phi) is 5.47. The van der Waals surface area contributed by atoms with Gasteiger partial charge >= 0.3 is 0 Å². The van der Waals surface area contributed by atoms with Crippen LogP contribution in [0.15, 0.2) is 66.9 Å². The van der Waals surface area contributed by atoms with Gasteiger partial charge in [0.15, 0.2) is 0 Å². The molecule has 2 heterocycles. The molecule has 0 spiro atoms. The number of anilines is 3. The number of amides is 1. The number of hydrogen-bond acceptors (Lipinski definition) is 4. The largest absolute Gasteiger partial charge is 0.368 e. The number of rotatable bonds is 4. The minimum atomic E-state index is 0.0599. The van der Waals surface area contributed by atoms with Crippen LogP contribution in [0, 0.1) is 13.8 Å². The van der Waals surface area contributed by atoms with Crippen molar-refractivity contribution in [3.63, 3.8) is 0 Å². The monoisotopic (exact) mass is 386 g/mol. The van der Waals surface area contributed by atoms with Gasteiger partial charge in [-0.3, -0.25) is 4.79 Å². The van der Waals surface area contributed by atoms with Crippen LogP contribution in [0.3, 0.4) is 0 Å². The topological polar surface area (TPSA) is 48.5 Å². The van der Waals surface area contributed by atoms with Gasteiger partial charge in [0, 0.05) is 49.3 Å². The Morgan fingerprint density at radius 3 is 2.28 bits per heavy atom. The maximum Gasteiger partial charge on any atom is 0.254 e. The zero-order valence-corrected chi connectivity index (χ0v) is 16.9. The fourth-order valence-corrected chi connectivity index (χ4v) is 3.76. The van der Waals surface area contributed by atoms with E-state index in [1.54, 1.807) is 12.3 Å². The van der Waals surface area contributed by atoms with E-state index in [1.807, 2.05) is 23.1 Å². The van der Waals surface area contributed by atoms with Crippen LogP contribution in [-0.4, -0.2) is 42.0 Å². The average molecular weight is 386 g/mol. The summed E-state index contributed by atoms with van der Waals surface area (Å²) in [7, 11) is 0. The van der Waals surface area contributed by atoms with Gasteiger partial charge < -0.3 is 15.1 Å². The minimum absolute atomic E-state index is 0.0599. The second kappa shape index (κ2) is 8.35. The lowest BCUT2D eigenvalue weighted by atomic mass is 10.1.